The Balaban J connectivity index is 1.73. The third kappa shape index (κ3) is 4.17. The molecular weight excluding hydrogens is 248 g/mol. The lowest BCUT2D eigenvalue weighted by Gasteiger charge is -2.20. The minimum absolute atomic E-state index is 0.152. The molecule has 0 amide bonds. The van der Waals surface area contributed by atoms with Gasteiger partial charge in [-0.15, -0.1) is 0 Å². The summed E-state index contributed by atoms with van der Waals surface area (Å²) in [6.07, 6.45) is 8.71. The van der Waals surface area contributed by atoms with Gasteiger partial charge >= 0.3 is 0 Å². The first kappa shape index (κ1) is 14.7. The second-order valence-corrected chi connectivity index (χ2v) is 6.11. The van der Waals surface area contributed by atoms with Gasteiger partial charge in [-0.1, -0.05) is 26.8 Å². The van der Waals surface area contributed by atoms with Crippen LogP contribution in [0.2, 0.25) is 0 Å². The van der Waals surface area contributed by atoms with Crippen molar-refractivity contribution in [3.63, 3.8) is 0 Å². The monoisotopic (exact) mass is 272 g/mol. The highest BCUT2D eigenvalue weighted by molar-refractivity contribution is 5.10. The van der Waals surface area contributed by atoms with Crippen LogP contribution in [-0.4, -0.2) is 21.1 Å². The lowest BCUT2D eigenvalue weighted by molar-refractivity contribution is 0.498. The maximum atomic E-state index is 4.27. The van der Waals surface area contributed by atoms with Crippen LogP contribution in [0.1, 0.15) is 38.4 Å². The zero-order valence-corrected chi connectivity index (χ0v) is 12.6. The molecule has 0 radical (unpaired) electrons. The van der Waals surface area contributed by atoms with E-state index in [1.807, 2.05) is 24.8 Å². The highest BCUT2D eigenvalue weighted by Gasteiger charge is 2.17. The zero-order chi connectivity index (χ0) is 14.4. The number of pyridine rings is 1. The summed E-state index contributed by atoms with van der Waals surface area (Å²) in [5.41, 5.74) is 2.68. The SMILES string of the molecule is CC(C)(C)c1cncn1CCCNCc1cccnc1. The number of imidazole rings is 1. The molecule has 2 rings (SSSR count). The molecular formula is C16H24N4. The number of nitrogens with one attached hydrogen (secondary N) is 1. The summed E-state index contributed by atoms with van der Waals surface area (Å²) < 4.78 is 2.26. The molecule has 0 aliphatic carbocycles. The van der Waals surface area contributed by atoms with Crippen LogP contribution < -0.4 is 5.32 Å². The molecule has 0 aromatic carbocycles. The summed E-state index contributed by atoms with van der Waals surface area (Å²) >= 11 is 0. The third-order valence-corrected chi connectivity index (χ3v) is 3.29. The molecule has 4 nitrogen and oxygen atoms in total. The van der Waals surface area contributed by atoms with E-state index in [-0.39, 0.29) is 5.41 Å². The van der Waals surface area contributed by atoms with Crippen molar-refractivity contribution in [3.8, 4) is 0 Å². The van der Waals surface area contributed by atoms with E-state index in [0.29, 0.717) is 0 Å². The quantitative estimate of drug-likeness (QED) is 0.822. The highest BCUT2D eigenvalue weighted by atomic mass is 15.1. The molecule has 20 heavy (non-hydrogen) atoms. The van der Waals surface area contributed by atoms with E-state index in [1.165, 1.54) is 11.3 Å². The maximum Gasteiger partial charge on any atom is 0.0948 e. The molecule has 0 saturated heterocycles. The summed E-state index contributed by atoms with van der Waals surface area (Å²) in [6, 6.07) is 4.06. The summed E-state index contributed by atoms with van der Waals surface area (Å²) in [4.78, 5) is 8.38. The summed E-state index contributed by atoms with van der Waals surface area (Å²) in [5.74, 6) is 0. The molecule has 2 aromatic rings. The van der Waals surface area contributed by atoms with Crippen LogP contribution >= 0.6 is 0 Å². The van der Waals surface area contributed by atoms with Crippen LogP contribution in [0.25, 0.3) is 0 Å². The van der Waals surface area contributed by atoms with Crippen LogP contribution in [-0.2, 0) is 18.5 Å². The number of rotatable bonds is 6. The summed E-state index contributed by atoms with van der Waals surface area (Å²) in [5, 5.41) is 3.45. The van der Waals surface area contributed by atoms with Crippen molar-refractivity contribution < 1.29 is 0 Å². The van der Waals surface area contributed by atoms with Crippen molar-refractivity contribution in [1.82, 2.24) is 19.9 Å². The topological polar surface area (TPSA) is 42.7 Å². The number of nitrogens with zero attached hydrogens (tertiary/aromatic N) is 3. The molecule has 0 saturated carbocycles. The van der Waals surface area contributed by atoms with E-state index in [2.05, 4.69) is 46.7 Å². The number of hydrogen-bond acceptors (Lipinski definition) is 3. The molecule has 0 aliphatic rings. The second kappa shape index (κ2) is 6.66. The fraction of sp³-hybridized carbons (Fsp3) is 0.500. The zero-order valence-electron chi connectivity index (χ0n) is 12.6. The first-order chi connectivity index (χ1) is 9.57. The first-order valence-corrected chi connectivity index (χ1v) is 7.17. The van der Waals surface area contributed by atoms with Gasteiger partial charge in [-0.05, 0) is 24.6 Å². The minimum Gasteiger partial charge on any atom is -0.334 e. The number of aromatic nitrogens is 3. The summed E-state index contributed by atoms with van der Waals surface area (Å²) in [7, 11) is 0. The normalized spacial score (nSPS) is 11.8. The molecule has 0 spiro atoms. The fourth-order valence-corrected chi connectivity index (χ4v) is 2.23. The van der Waals surface area contributed by atoms with Gasteiger partial charge in [0.1, 0.15) is 0 Å². The molecule has 4 heteroatoms. The fourth-order valence-electron chi connectivity index (χ4n) is 2.23. The molecule has 2 aromatic heterocycles. The van der Waals surface area contributed by atoms with Crippen molar-refractivity contribution in [2.24, 2.45) is 0 Å². The van der Waals surface area contributed by atoms with Crippen LogP contribution in [0, 0.1) is 0 Å². The van der Waals surface area contributed by atoms with Crippen molar-refractivity contribution in [3.05, 3.63) is 48.3 Å². The third-order valence-electron chi connectivity index (χ3n) is 3.29. The minimum atomic E-state index is 0.152. The van der Waals surface area contributed by atoms with Gasteiger partial charge in [0.15, 0.2) is 0 Å². The molecule has 0 unspecified atom stereocenters. The standard InChI is InChI=1S/C16H24N4/c1-16(2,3)15-12-19-13-20(15)9-5-8-18-11-14-6-4-7-17-10-14/h4,6-7,10,12-13,18H,5,8-9,11H2,1-3H3. The average Bonchev–Trinajstić information content (AvgIpc) is 2.88. The Morgan fingerprint density at radius 3 is 2.75 bits per heavy atom. The van der Waals surface area contributed by atoms with Crippen LogP contribution in [0.3, 0.4) is 0 Å². The molecule has 0 aliphatic heterocycles. The Hall–Kier alpha value is -1.68. The van der Waals surface area contributed by atoms with E-state index in [1.54, 1.807) is 6.20 Å². The predicted molar refractivity (Wildman–Crippen MR) is 81.5 cm³/mol. The van der Waals surface area contributed by atoms with Crippen molar-refractivity contribution in [1.29, 1.82) is 0 Å². The van der Waals surface area contributed by atoms with Crippen molar-refractivity contribution in [2.45, 2.75) is 45.7 Å². The van der Waals surface area contributed by atoms with E-state index in [0.717, 1.165) is 26.1 Å². The Kier molecular flexibility index (Phi) is 4.90. The van der Waals surface area contributed by atoms with Crippen LogP contribution in [0.5, 0.6) is 0 Å². The second-order valence-electron chi connectivity index (χ2n) is 6.11. The van der Waals surface area contributed by atoms with Gasteiger partial charge in [0.2, 0.25) is 0 Å². The van der Waals surface area contributed by atoms with Gasteiger partial charge in [-0.25, -0.2) is 4.98 Å². The molecule has 0 bridgehead atoms. The Labute approximate surface area is 121 Å². The van der Waals surface area contributed by atoms with Gasteiger partial charge in [0, 0.05) is 42.8 Å². The molecule has 0 fully saturated rings. The van der Waals surface area contributed by atoms with Gasteiger partial charge in [-0.3, -0.25) is 4.98 Å². The Morgan fingerprint density at radius 1 is 1.20 bits per heavy atom. The number of hydrogen-bond donors (Lipinski definition) is 1. The van der Waals surface area contributed by atoms with Crippen LogP contribution in [0.15, 0.2) is 37.1 Å². The predicted octanol–water partition coefficient (Wildman–Crippen LogP) is 2.76. The molecule has 2 heterocycles. The smallest absolute Gasteiger partial charge is 0.0948 e. The van der Waals surface area contributed by atoms with E-state index in [9.17, 15) is 0 Å². The average molecular weight is 272 g/mol. The largest absolute Gasteiger partial charge is 0.334 e. The molecule has 1 N–H and O–H groups in total. The first-order valence-electron chi connectivity index (χ1n) is 7.17. The highest BCUT2D eigenvalue weighted by Crippen LogP contribution is 2.21. The van der Waals surface area contributed by atoms with Gasteiger partial charge in [-0.2, -0.15) is 0 Å². The summed E-state index contributed by atoms with van der Waals surface area (Å²) in [6.45, 7) is 9.55. The van der Waals surface area contributed by atoms with E-state index < -0.39 is 0 Å². The van der Waals surface area contributed by atoms with Crippen LogP contribution in [0.4, 0.5) is 0 Å². The molecule has 0 atom stereocenters. The van der Waals surface area contributed by atoms with Crippen molar-refractivity contribution in [2.75, 3.05) is 6.54 Å². The van der Waals surface area contributed by atoms with Crippen molar-refractivity contribution >= 4 is 0 Å². The van der Waals surface area contributed by atoms with E-state index in [4.69, 9.17) is 0 Å². The van der Waals surface area contributed by atoms with Gasteiger partial charge in [0.25, 0.3) is 0 Å². The maximum absolute atomic E-state index is 4.27. The molecule has 108 valence electrons. The number of aryl methyl sites for hydroxylation is 1. The van der Waals surface area contributed by atoms with Gasteiger partial charge in [0.05, 0.1) is 6.33 Å². The Bertz CT molecular complexity index is 511. The lowest BCUT2D eigenvalue weighted by atomic mass is 9.92. The van der Waals surface area contributed by atoms with E-state index >= 15 is 0 Å². The lowest BCUT2D eigenvalue weighted by Crippen LogP contribution is -2.20. The van der Waals surface area contributed by atoms with Gasteiger partial charge < -0.3 is 9.88 Å². The Morgan fingerprint density at radius 2 is 2.05 bits per heavy atom.